The van der Waals surface area contributed by atoms with Crippen LogP contribution in [0.1, 0.15) is 50.4 Å². The molecule has 1 aliphatic heterocycles. The maximum atomic E-state index is 15.6. The summed E-state index contributed by atoms with van der Waals surface area (Å²) in [7, 11) is 0. The van der Waals surface area contributed by atoms with Crippen molar-refractivity contribution in [2.75, 3.05) is 36.4 Å². The first-order valence-corrected chi connectivity index (χ1v) is 13.0. The van der Waals surface area contributed by atoms with E-state index in [0.29, 0.717) is 54.5 Å². The summed E-state index contributed by atoms with van der Waals surface area (Å²) < 4.78 is 22.8. The van der Waals surface area contributed by atoms with Gasteiger partial charge in [0.15, 0.2) is 0 Å². The lowest BCUT2D eigenvalue weighted by molar-refractivity contribution is 0.0240. The van der Waals surface area contributed by atoms with Gasteiger partial charge in [0.25, 0.3) is 0 Å². The van der Waals surface area contributed by atoms with Crippen LogP contribution in [0.5, 0.6) is 0 Å². The fourth-order valence-electron chi connectivity index (χ4n) is 5.00. The van der Waals surface area contributed by atoms with E-state index in [1.807, 2.05) is 57.7 Å². The van der Waals surface area contributed by atoms with Gasteiger partial charge < -0.3 is 19.9 Å². The fourth-order valence-corrected chi connectivity index (χ4v) is 5.00. The van der Waals surface area contributed by atoms with Gasteiger partial charge in [0.1, 0.15) is 17.2 Å². The normalized spacial score (nSPS) is 14.9. The number of anilines is 2. The van der Waals surface area contributed by atoms with Gasteiger partial charge in [-0.05, 0) is 57.9 Å². The van der Waals surface area contributed by atoms with Gasteiger partial charge in [-0.15, -0.1) is 0 Å². The predicted molar refractivity (Wildman–Crippen MR) is 148 cm³/mol. The van der Waals surface area contributed by atoms with Crippen molar-refractivity contribution in [3.05, 3.63) is 65.2 Å². The number of nitriles is 1. The average Bonchev–Trinajstić information content (AvgIpc) is 3.36. The molecule has 5 rings (SSSR count). The molecule has 2 aromatic heterocycles. The first kappa shape index (κ1) is 26.2. The Balaban J connectivity index is 1.48. The summed E-state index contributed by atoms with van der Waals surface area (Å²) in [5.41, 5.74) is 3.03. The quantitative estimate of drug-likeness (QED) is 0.376. The van der Waals surface area contributed by atoms with E-state index in [4.69, 9.17) is 9.72 Å². The van der Waals surface area contributed by atoms with Crippen LogP contribution in [0, 0.1) is 24.1 Å². The van der Waals surface area contributed by atoms with Gasteiger partial charge in [-0.1, -0.05) is 12.1 Å². The number of nitrogens with zero attached hydrogens (tertiary/aromatic N) is 6. The number of carbonyl (C=O) groups is 1. The molecule has 10 heteroatoms. The molecular formula is C29H32FN7O2. The van der Waals surface area contributed by atoms with Crippen molar-refractivity contribution in [2.45, 2.75) is 46.3 Å². The Kier molecular flexibility index (Phi) is 6.76. The Morgan fingerprint density at radius 3 is 2.64 bits per heavy atom. The van der Waals surface area contributed by atoms with Gasteiger partial charge in [-0.3, -0.25) is 4.40 Å². The summed E-state index contributed by atoms with van der Waals surface area (Å²) in [6.45, 7) is 11.3. The second-order valence-corrected chi connectivity index (χ2v) is 10.8. The molecule has 0 radical (unpaired) electrons. The number of imidazole rings is 1. The van der Waals surface area contributed by atoms with E-state index in [0.717, 1.165) is 16.5 Å². The molecule has 4 aromatic rings. The Labute approximate surface area is 226 Å². The van der Waals surface area contributed by atoms with E-state index in [1.165, 1.54) is 6.07 Å². The van der Waals surface area contributed by atoms with Crippen molar-refractivity contribution in [2.24, 2.45) is 0 Å². The fraction of sp³-hybridized carbons (Fsp3) is 0.379. The zero-order chi connectivity index (χ0) is 27.9. The number of benzene rings is 2. The highest BCUT2D eigenvalue weighted by molar-refractivity contribution is 5.94. The Hall–Kier alpha value is -4.39. The van der Waals surface area contributed by atoms with Crippen LogP contribution in [0.2, 0.25) is 0 Å². The summed E-state index contributed by atoms with van der Waals surface area (Å²) in [5, 5.41) is 13.7. The number of rotatable bonds is 4. The Morgan fingerprint density at radius 1 is 1.21 bits per heavy atom. The summed E-state index contributed by atoms with van der Waals surface area (Å²) in [5.74, 6) is 0.676. The van der Waals surface area contributed by atoms with E-state index < -0.39 is 5.60 Å². The number of nitrogens with one attached hydrogen (secondary N) is 1. The molecule has 0 bridgehead atoms. The standard InChI is InChI=1S/C29H32FN7O2/c1-18-20(17-31)7-6-8-21(18)19(2)33-26-22-15-25(23(30)16-24(22)37-10-9-32-27(37)34-26)35-11-13-36(14-12-35)28(38)39-29(3,4)5/h6-10,15-16,19H,11-14H2,1-5H3,(H,32,33,34)/t19-/m1/s1. The SMILES string of the molecule is Cc1c(C#N)cccc1[C@@H](C)Nc1nc2nccn2c2cc(F)c(N3CCN(C(=O)OC(C)(C)C)CC3)cc12. The maximum Gasteiger partial charge on any atom is 0.410 e. The molecule has 0 spiro atoms. The molecule has 1 aliphatic rings. The average molecular weight is 530 g/mol. The first-order chi connectivity index (χ1) is 18.6. The second kappa shape index (κ2) is 10.1. The molecule has 39 heavy (non-hydrogen) atoms. The molecule has 2 aromatic carbocycles. The van der Waals surface area contributed by atoms with Gasteiger partial charge in [0, 0.05) is 50.0 Å². The van der Waals surface area contributed by atoms with Crippen LogP contribution in [-0.4, -0.2) is 57.1 Å². The van der Waals surface area contributed by atoms with Crippen LogP contribution in [-0.2, 0) is 4.74 Å². The van der Waals surface area contributed by atoms with Crippen molar-refractivity contribution in [3.8, 4) is 6.07 Å². The number of ether oxygens (including phenoxy) is 1. The third-order valence-corrected chi connectivity index (χ3v) is 7.00. The Morgan fingerprint density at radius 2 is 1.95 bits per heavy atom. The Bertz CT molecular complexity index is 1590. The van der Waals surface area contributed by atoms with Crippen LogP contribution in [0.25, 0.3) is 16.7 Å². The van der Waals surface area contributed by atoms with E-state index in [-0.39, 0.29) is 18.0 Å². The summed E-state index contributed by atoms with van der Waals surface area (Å²) >= 11 is 0. The van der Waals surface area contributed by atoms with Crippen molar-refractivity contribution in [1.29, 1.82) is 5.26 Å². The summed E-state index contributed by atoms with van der Waals surface area (Å²) in [4.78, 5) is 25.2. The minimum atomic E-state index is -0.570. The maximum absolute atomic E-state index is 15.6. The minimum absolute atomic E-state index is 0.169. The lowest BCUT2D eigenvalue weighted by Crippen LogP contribution is -2.50. The highest BCUT2D eigenvalue weighted by Gasteiger charge is 2.27. The lowest BCUT2D eigenvalue weighted by atomic mass is 9.98. The van der Waals surface area contributed by atoms with Gasteiger partial charge in [0.2, 0.25) is 5.78 Å². The first-order valence-electron chi connectivity index (χ1n) is 13.0. The van der Waals surface area contributed by atoms with Crippen LogP contribution in [0.15, 0.2) is 42.7 Å². The van der Waals surface area contributed by atoms with E-state index in [9.17, 15) is 10.1 Å². The van der Waals surface area contributed by atoms with E-state index in [1.54, 1.807) is 27.8 Å². The van der Waals surface area contributed by atoms with Crippen molar-refractivity contribution < 1.29 is 13.9 Å². The number of hydrogen-bond donors (Lipinski definition) is 1. The number of aromatic nitrogens is 3. The molecule has 9 nitrogen and oxygen atoms in total. The largest absolute Gasteiger partial charge is 0.444 e. The smallest absolute Gasteiger partial charge is 0.410 e. The molecule has 3 heterocycles. The third kappa shape index (κ3) is 5.17. The zero-order valence-electron chi connectivity index (χ0n) is 22.8. The predicted octanol–water partition coefficient (Wildman–Crippen LogP) is 5.43. The van der Waals surface area contributed by atoms with Crippen LogP contribution in [0.3, 0.4) is 0 Å². The summed E-state index contributed by atoms with van der Waals surface area (Å²) in [6, 6.07) is 11.0. The molecule has 1 atom stereocenters. The molecule has 1 fully saturated rings. The molecule has 1 amide bonds. The number of halogens is 1. The molecular weight excluding hydrogens is 497 g/mol. The number of carbonyl (C=O) groups excluding carboxylic acids is 1. The van der Waals surface area contributed by atoms with E-state index >= 15 is 4.39 Å². The molecule has 0 saturated carbocycles. The summed E-state index contributed by atoms with van der Waals surface area (Å²) in [6.07, 6.45) is 3.04. The third-order valence-electron chi connectivity index (χ3n) is 7.00. The number of fused-ring (bicyclic) bond motifs is 3. The van der Waals surface area contributed by atoms with Gasteiger partial charge in [-0.2, -0.15) is 10.2 Å². The van der Waals surface area contributed by atoms with Crippen LogP contribution < -0.4 is 10.2 Å². The highest BCUT2D eigenvalue weighted by atomic mass is 19.1. The molecule has 1 saturated heterocycles. The monoisotopic (exact) mass is 529 g/mol. The number of hydrogen-bond acceptors (Lipinski definition) is 7. The van der Waals surface area contributed by atoms with Gasteiger partial charge in [-0.25, -0.2) is 14.2 Å². The molecule has 202 valence electrons. The molecule has 1 N–H and O–H groups in total. The second-order valence-electron chi connectivity index (χ2n) is 10.8. The van der Waals surface area contributed by atoms with Gasteiger partial charge in [0.05, 0.1) is 28.9 Å². The number of piperazine rings is 1. The molecule has 0 aliphatic carbocycles. The van der Waals surface area contributed by atoms with E-state index in [2.05, 4.69) is 16.4 Å². The highest BCUT2D eigenvalue weighted by Crippen LogP contribution is 2.33. The van der Waals surface area contributed by atoms with Crippen LogP contribution in [0.4, 0.5) is 20.7 Å². The zero-order valence-corrected chi connectivity index (χ0v) is 22.8. The van der Waals surface area contributed by atoms with Gasteiger partial charge >= 0.3 is 6.09 Å². The van der Waals surface area contributed by atoms with Crippen molar-refractivity contribution in [3.63, 3.8) is 0 Å². The van der Waals surface area contributed by atoms with Crippen LogP contribution >= 0.6 is 0 Å². The molecule has 0 unspecified atom stereocenters. The number of amides is 1. The lowest BCUT2D eigenvalue weighted by Gasteiger charge is -2.37. The van der Waals surface area contributed by atoms with Crippen molar-refractivity contribution in [1.82, 2.24) is 19.3 Å². The topological polar surface area (TPSA) is 98.8 Å². The minimum Gasteiger partial charge on any atom is -0.444 e. The van der Waals surface area contributed by atoms with Crippen molar-refractivity contribution >= 4 is 34.3 Å².